The predicted molar refractivity (Wildman–Crippen MR) is 78.3 cm³/mol. The fourth-order valence-corrected chi connectivity index (χ4v) is 2.00. The average Bonchev–Trinajstić information content (AvgIpc) is 2.91. The van der Waals surface area contributed by atoms with Gasteiger partial charge in [-0.05, 0) is 36.4 Å². The smallest absolute Gasteiger partial charge is 0.244 e. The van der Waals surface area contributed by atoms with Gasteiger partial charge in [-0.15, -0.1) is 5.11 Å². The van der Waals surface area contributed by atoms with Crippen LogP contribution in [0.3, 0.4) is 0 Å². The molecule has 6 heteroatoms. The summed E-state index contributed by atoms with van der Waals surface area (Å²) in [6.45, 7) is 1.46. The molecule has 21 heavy (non-hydrogen) atoms. The minimum absolute atomic E-state index is 0.155. The van der Waals surface area contributed by atoms with Crippen LogP contribution in [-0.2, 0) is 0 Å². The summed E-state index contributed by atoms with van der Waals surface area (Å²) in [6, 6.07) is 11.8. The van der Waals surface area contributed by atoms with Gasteiger partial charge in [0.15, 0.2) is 0 Å². The number of nitrogens with zero attached hydrogens (tertiary/aromatic N) is 4. The zero-order valence-electron chi connectivity index (χ0n) is 11.3. The highest BCUT2D eigenvalue weighted by Gasteiger charge is 2.09. The van der Waals surface area contributed by atoms with Crippen molar-refractivity contribution in [1.29, 1.82) is 0 Å². The SMILES string of the molecule is CC(=O)n1ncc2c(N=Nc3ccc(O)cc3)cccc21. The summed E-state index contributed by atoms with van der Waals surface area (Å²) < 4.78 is 1.33. The lowest BCUT2D eigenvalue weighted by Crippen LogP contribution is -2.06. The van der Waals surface area contributed by atoms with Gasteiger partial charge in [0.25, 0.3) is 0 Å². The Morgan fingerprint density at radius 1 is 1.14 bits per heavy atom. The van der Waals surface area contributed by atoms with Gasteiger partial charge in [-0.2, -0.15) is 10.2 Å². The van der Waals surface area contributed by atoms with E-state index in [9.17, 15) is 9.90 Å². The van der Waals surface area contributed by atoms with Crippen LogP contribution >= 0.6 is 0 Å². The summed E-state index contributed by atoms with van der Waals surface area (Å²) >= 11 is 0. The number of phenolic OH excluding ortho intramolecular Hbond substituents is 1. The lowest BCUT2D eigenvalue weighted by atomic mass is 10.2. The molecule has 0 unspecified atom stereocenters. The number of azo groups is 1. The van der Waals surface area contributed by atoms with Crippen LogP contribution in [0.15, 0.2) is 58.9 Å². The first-order valence-corrected chi connectivity index (χ1v) is 6.33. The molecule has 104 valence electrons. The molecular weight excluding hydrogens is 268 g/mol. The lowest BCUT2D eigenvalue weighted by Gasteiger charge is -1.98. The fraction of sp³-hybridized carbons (Fsp3) is 0.0667. The quantitative estimate of drug-likeness (QED) is 0.724. The van der Waals surface area contributed by atoms with Crippen molar-refractivity contribution in [1.82, 2.24) is 9.78 Å². The first-order chi connectivity index (χ1) is 10.1. The van der Waals surface area contributed by atoms with E-state index in [1.807, 2.05) is 6.07 Å². The molecule has 0 atom stereocenters. The van der Waals surface area contributed by atoms with Crippen molar-refractivity contribution in [3.8, 4) is 5.75 Å². The van der Waals surface area contributed by atoms with Gasteiger partial charge < -0.3 is 5.11 Å². The monoisotopic (exact) mass is 280 g/mol. The second-order valence-electron chi connectivity index (χ2n) is 4.50. The number of aromatic nitrogens is 2. The van der Waals surface area contributed by atoms with E-state index in [2.05, 4.69) is 15.3 Å². The Morgan fingerprint density at radius 2 is 1.90 bits per heavy atom. The summed E-state index contributed by atoms with van der Waals surface area (Å²) in [5.41, 5.74) is 1.96. The van der Waals surface area contributed by atoms with Gasteiger partial charge in [0.2, 0.25) is 5.91 Å². The summed E-state index contributed by atoms with van der Waals surface area (Å²) in [7, 11) is 0. The highest BCUT2D eigenvalue weighted by molar-refractivity contribution is 5.95. The second-order valence-corrected chi connectivity index (χ2v) is 4.50. The molecule has 0 aliphatic carbocycles. The maximum Gasteiger partial charge on any atom is 0.244 e. The third-order valence-corrected chi connectivity index (χ3v) is 3.01. The minimum Gasteiger partial charge on any atom is -0.508 e. The van der Waals surface area contributed by atoms with E-state index in [4.69, 9.17) is 0 Å². The van der Waals surface area contributed by atoms with Gasteiger partial charge in [0.05, 0.1) is 23.1 Å². The Hall–Kier alpha value is -3.02. The van der Waals surface area contributed by atoms with Crippen LogP contribution in [0.5, 0.6) is 5.75 Å². The van der Waals surface area contributed by atoms with Gasteiger partial charge in [-0.25, -0.2) is 4.68 Å². The van der Waals surface area contributed by atoms with Gasteiger partial charge in [0, 0.05) is 12.3 Å². The maximum absolute atomic E-state index is 11.5. The van der Waals surface area contributed by atoms with Crippen LogP contribution in [-0.4, -0.2) is 20.8 Å². The molecule has 3 aromatic rings. The van der Waals surface area contributed by atoms with Crippen molar-refractivity contribution in [3.05, 3.63) is 48.7 Å². The topological polar surface area (TPSA) is 79.8 Å². The molecule has 2 aromatic carbocycles. The molecule has 3 rings (SSSR count). The maximum atomic E-state index is 11.5. The Bertz CT molecular complexity index is 835. The number of carbonyl (C=O) groups is 1. The molecule has 0 radical (unpaired) electrons. The number of hydrogen-bond acceptors (Lipinski definition) is 5. The predicted octanol–water partition coefficient (Wildman–Crippen LogP) is 3.82. The number of aromatic hydroxyl groups is 1. The number of phenols is 1. The Labute approximate surface area is 120 Å². The number of fused-ring (bicyclic) bond motifs is 1. The van der Waals surface area contributed by atoms with Gasteiger partial charge >= 0.3 is 0 Å². The van der Waals surface area contributed by atoms with E-state index in [1.165, 1.54) is 11.6 Å². The molecule has 0 saturated heterocycles. The summed E-state index contributed by atoms with van der Waals surface area (Å²) in [5, 5.41) is 22.3. The van der Waals surface area contributed by atoms with Crippen LogP contribution in [0.2, 0.25) is 0 Å². The molecular formula is C15H12N4O2. The molecule has 0 amide bonds. The minimum atomic E-state index is -0.155. The second kappa shape index (κ2) is 5.16. The lowest BCUT2D eigenvalue weighted by molar-refractivity contribution is 0.0927. The number of benzene rings is 2. The van der Waals surface area contributed by atoms with Crippen LogP contribution < -0.4 is 0 Å². The number of hydrogen-bond donors (Lipinski definition) is 1. The highest BCUT2D eigenvalue weighted by Crippen LogP contribution is 2.27. The summed E-state index contributed by atoms with van der Waals surface area (Å²) in [6.07, 6.45) is 1.60. The first kappa shape index (κ1) is 13.0. The molecule has 0 saturated carbocycles. The van der Waals surface area contributed by atoms with Crippen LogP contribution in [0.4, 0.5) is 11.4 Å². The zero-order chi connectivity index (χ0) is 14.8. The van der Waals surface area contributed by atoms with Crippen molar-refractivity contribution < 1.29 is 9.90 Å². The van der Waals surface area contributed by atoms with E-state index >= 15 is 0 Å². The van der Waals surface area contributed by atoms with E-state index in [0.717, 1.165) is 5.39 Å². The number of carbonyl (C=O) groups excluding carboxylic acids is 1. The van der Waals surface area contributed by atoms with E-state index in [0.29, 0.717) is 16.9 Å². The Balaban J connectivity index is 2.01. The Morgan fingerprint density at radius 3 is 2.62 bits per heavy atom. The largest absolute Gasteiger partial charge is 0.508 e. The van der Waals surface area contributed by atoms with Crippen molar-refractivity contribution >= 4 is 28.2 Å². The van der Waals surface area contributed by atoms with Crippen molar-refractivity contribution in [2.24, 2.45) is 10.2 Å². The van der Waals surface area contributed by atoms with Crippen molar-refractivity contribution in [3.63, 3.8) is 0 Å². The van der Waals surface area contributed by atoms with Crippen LogP contribution in [0.25, 0.3) is 10.9 Å². The van der Waals surface area contributed by atoms with Gasteiger partial charge in [-0.1, -0.05) is 6.07 Å². The van der Waals surface area contributed by atoms with E-state index < -0.39 is 0 Å². The fourth-order valence-electron chi connectivity index (χ4n) is 2.00. The summed E-state index contributed by atoms with van der Waals surface area (Å²) in [4.78, 5) is 11.5. The van der Waals surface area contributed by atoms with Gasteiger partial charge in [-0.3, -0.25) is 4.79 Å². The molecule has 0 fully saturated rings. The van der Waals surface area contributed by atoms with E-state index in [-0.39, 0.29) is 11.7 Å². The Kier molecular flexibility index (Phi) is 3.19. The molecule has 6 nitrogen and oxygen atoms in total. The molecule has 1 aromatic heterocycles. The van der Waals surface area contributed by atoms with Crippen LogP contribution in [0, 0.1) is 0 Å². The van der Waals surface area contributed by atoms with Crippen molar-refractivity contribution in [2.45, 2.75) is 6.92 Å². The zero-order valence-corrected chi connectivity index (χ0v) is 11.3. The van der Waals surface area contributed by atoms with E-state index in [1.54, 1.807) is 42.6 Å². The first-order valence-electron chi connectivity index (χ1n) is 6.33. The normalized spacial score (nSPS) is 11.3. The molecule has 1 heterocycles. The molecule has 0 spiro atoms. The summed E-state index contributed by atoms with van der Waals surface area (Å²) in [5.74, 6) is 0.0245. The molecule has 0 aliphatic rings. The molecule has 0 aliphatic heterocycles. The third-order valence-electron chi connectivity index (χ3n) is 3.01. The van der Waals surface area contributed by atoms with Gasteiger partial charge in [0.1, 0.15) is 5.75 Å². The van der Waals surface area contributed by atoms with Crippen LogP contribution in [0.1, 0.15) is 11.7 Å². The third kappa shape index (κ3) is 2.51. The highest BCUT2D eigenvalue weighted by atomic mass is 16.3. The number of rotatable bonds is 2. The standard InChI is InChI=1S/C15H12N4O2/c1-10(20)19-15-4-2-3-14(13(15)9-16-19)18-17-11-5-7-12(21)8-6-11/h2-9,21H,1H3. The molecule has 0 bridgehead atoms. The average molecular weight is 280 g/mol. The molecule has 1 N–H and O–H groups in total. The van der Waals surface area contributed by atoms with Crippen molar-refractivity contribution in [2.75, 3.05) is 0 Å².